The smallest absolute Gasteiger partial charge is 0.338 e. The van der Waals surface area contributed by atoms with Gasteiger partial charge in [0.15, 0.2) is 0 Å². The molecule has 0 amide bonds. The second-order valence-electron chi connectivity index (χ2n) is 5.53. The summed E-state index contributed by atoms with van der Waals surface area (Å²) in [5, 5.41) is 0. The van der Waals surface area contributed by atoms with E-state index in [4.69, 9.17) is 15.4 Å². The molecule has 0 bridgehead atoms. The predicted molar refractivity (Wildman–Crippen MR) is 83.3 cm³/mol. The van der Waals surface area contributed by atoms with Crippen molar-refractivity contribution in [3.8, 4) is 0 Å². The van der Waals surface area contributed by atoms with E-state index in [1.165, 1.54) is 6.07 Å². The number of ether oxygens (including phenoxy) is 1. The summed E-state index contributed by atoms with van der Waals surface area (Å²) < 4.78 is 28.2. The molecule has 0 fully saturated rings. The molecule has 0 radical (unpaired) electrons. The molecule has 21 heavy (non-hydrogen) atoms. The van der Waals surface area contributed by atoms with E-state index in [1.807, 2.05) is 0 Å². The highest BCUT2D eigenvalue weighted by molar-refractivity contribution is 8.13. The van der Waals surface area contributed by atoms with Crippen molar-refractivity contribution in [2.24, 2.45) is 5.92 Å². The zero-order valence-corrected chi connectivity index (χ0v) is 14.3. The van der Waals surface area contributed by atoms with Crippen molar-refractivity contribution in [3.63, 3.8) is 0 Å². The van der Waals surface area contributed by atoms with Crippen molar-refractivity contribution >= 4 is 25.7 Å². The fourth-order valence-corrected chi connectivity index (χ4v) is 3.21. The van der Waals surface area contributed by atoms with Crippen LogP contribution in [0.15, 0.2) is 17.0 Å². The Labute approximate surface area is 130 Å². The molecular formula is C15H21ClO4S. The van der Waals surface area contributed by atoms with Crippen LogP contribution in [-0.2, 0) is 13.8 Å². The molecule has 0 saturated heterocycles. The van der Waals surface area contributed by atoms with Crippen LogP contribution in [0.3, 0.4) is 0 Å². The third kappa shape index (κ3) is 5.32. The Bertz CT molecular complexity index is 621. The van der Waals surface area contributed by atoms with Crippen LogP contribution in [0.4, 0.5) is 0 Å². The maximum Gasteiger partial charge on any atom is 0.338 e. The SMILES string of the molecule is Cc1cc(C(=O)OCCCC(C)C)cc(S(=O)(=O)Cl)c1C. The van der Waals surface area contributed by atoms with Crippen molar-refractivity contribution in [2.45, 2.75) is 45.4 Å². The summed E-state index contributed by atoms with van der Waals surface area (Å²) in [6.45, 7) is 7.91. The number of hydrogen-bond acceptors (Lipinski definition) is 4. The Morgan fingerprint density at radius 3 is 2.43 bits per heavy atom. The van der Waals surface area contributed by atoms with E-state index in [9.17, 15) is 13.2 Å². The third-order valence-corrected chi connectivity index (χ3v) is 4.73. The lowest BCUT2D eigenvalue weighted by Crippen LogP contribution is -2.09. The van der Waals surface area contributed by atoms with Gasteiger partial charge < -0.3 is 4.74 Å². The molecule has 0 saturated carbocycles. The Morgan fingerprint density at radius 1 is 1.29 bits per heavy atom. The Balaban J connectivity index is 2.89. The molecule has 1 aromatic rings. The minimum Gasteiger partial charge on any atom is -0.462 e. The molecule has 0 unspecified atom stereocenters. The first-order valence-corrected chi connectivity index (χ1v) is 9.17. The van der Waals surface area contributed by atoms with Gasteiger partial charge in [-0.15, -0.1) is 0 Å². The number of rotatable bonds is 6. The van der Waals surface area contributed by atoms with Gasteiger partial charge in [-0.2, -0.15) is 0 Å². The summed E-state index contributed by atoms with van der Waals surface area (Å²) in [4.78, 5) is 11.9. The maximum atomic E-state index is 12.0. The lowest BCUT2D eigenvalue weighted by atomic mass is 10.1. The number of hydrogen-bond donors (Lipinski definition) is 0. The number of benzene rings is 1. The quantitative estimate of drug-likeness (QED) is 0.451. The normalized spacial score (nSPS) is 11.7. The Kier molecular flexibility index (Phi) is 6.23. The predicted octanol–water partition coefficient (Wildman–Crippen LogP) is 3.82. The average molecular weight is 333 g/mol. The fraction of sp³-hybridized carbons (Fsp3) is 0.533. The van der Waals surface area contributed by atoms with Gasteiger partial charge in [0.25, 0.3) is 9.05 Å². The molecule has 0 aliphatic heterocycles. The highest BCUT2D eigenvalue weighted by atomic mass is 35.7. The van der Waals surface area contributed by atoms with E-state index in [0.29, 0.717) is 23.7 Å². The second kappa shape index (κ2) is 7.27. The molecule has 0 atom stereocenters. The minimum absolute atomic E-state index is 0.0432. The van der Waals surface area contributed by atoms with Crippen LogP contribution in [0.5, 0.6) is 0 Å². The summed E-state index contributed by atoms with van der Waals surface area (Å²) >= 11 is 0. The topological polar surface area (TPSA) is 60.4 Å². The first-order valence-electron chi connectivity index (χ1n) is 6.86. The summed E-state index contributed by atoms with van der Waals surface area (Å²) in [5.74, 6) is 0.0294. The monoisotopic (exact) mass is 332 g/mol. The van der Waals surface area contributed by atoms with E-state index in [1.54, 1.807) is 19.9 Å². The lowest BCUT2D eigenvalue weighted by Gasteiger charge is -2.10. The number of carbonyl (C=O) groups excluding carboxylic acids is 1. The van der Waals surface area contributed by atoms with Gasteiger partial charge >= 0.3 is 5.97 Å². The van der Waals surface area contributed by atoms with Crippen molar-refractivity contribution in [2.75, 3.05) is 6.61 Å². The van der Waals surface area contributed by atoms with Crippen LogP contribution in [0, 0.1) is 19.8 Å². The first-order chi connectivity index (χ1) is 9.62. The molecule has 6 heteroatoms. The summed E-state index contributed by atoms with van der Waals surface area (Å²) in [5.41, 5.74) is 1.44. The van der Waals surface area contributed by atoms with E-state index in [2.05, 4.69) is 13.8 Å². The summed E-state index contributed by atoms with van der Waals surface area (Å²) in [7, 11) is 1.51. The molecule has 0 N–H and O–H groups in total. The lowest BCUT2D eigenvalue weighted by molar-refractivity contribution is 0.0494. The molecule has 4 nitrogen and oxygen atoms in total. The number of aryl methyl sites for hydroxylation is 1. The van der Waals surface area contributed by atoms with Crippen molar-refractivity contribution in [1.29, 1.82) is 0 Å². The van der Waals surface area contributed by atoms with Gasteiger partial charge in [-0.3, -0.25) is 0 Å². The van der Waals surface area contributed by atoms with Crippen molar-refractivity contribution < 1.29 is 17.9 Å². The molecule has 0 aliphatic rings. The first kappa shape index (κ1) is 18.0. The van der Waals surface area contributed by atoms with Gasteiger partial charge in [0, 0.05) is 10.7 Å². The van der Waals surface area contributed by atoms with Crippen molar-refractivity contribution in [1.82, 2.24) is 0 Å². The zero-order chi connectivity index (χ0) is 16.2. The molecule has 0 aliphatic carbocycles. The zero-order valence-electron chi connectivity index (χ0n) is 12.8. The van der Waals surface area contributed by atoms with Gasteiger partial charge in [-0.1, -0.05) is 13.8 Å². The van der Waals surface area contributed by atoms with Crippen LogP contribution in [-0.4, -0.2) is 21.0 Å². The van der Waals surface area contributed by atoms with E-state index in [0.717, 1.165) is 12.8 Å². The molecule has 0 heterocycles. The van der Waals surface area contributed by atoms with Crippen LogP contribution in [0.2, 0.25) is 0 Å². The number of esters is 1. The standard InChI is InChI=1S/C15H21ClO4S/c1-10(2)6-5-7-20-15(17)13-8-11(3)12(4)14(9-13)21(16,18)19/h8-10H,5-7H2,1-4H3. The molecular weight excluding hydrogens is 312 g/mol. The molecule has 1 rings (SSSR count). The van der Waals surface area contributed by atoms with Gasteiger partial charge in [0.05, 0.1) is 17.1 Å². The molecule has 0 aromatic heterocycles. The molecule has 118 valence electrons. The number of carbonyl (C=O) groups is 1. The minimum atomic E-state index is -3.88. The van der Waals surface area contributed by atoms with Gasteiger partial charge in [0.2, 0.25) is 0 Å². The van der Waals surface area contributed by atoms with Gasteiger partial charge in [-0.25, -0.2) is 13.2 Å². The molecule has 1 aromatic carbocycles. The van der Waals surface area contributed by atoms with Crippen LogP contribution in [0.25, 0.3) is 0 Å². The van der Waals surface area contributed by atoms with E-state index >= 15 is 0 Å². The number of halogens is 1. The summed E-state index contributed by atoms with van der Waals surface area (Å²) in [6.07, 6.45) is 1.76. The van der Waals surface area contributed by atoms with Crippen LogP contribution >= 0.6 is 10.7 Å². The Hall–Kier alpha value is -1.07. The second-order valence-corrected chi connectivity index (χ2v) is 8.06. The van der Waals surface area contributed by atoms with E-state index < -0.39 is 15.0 Å². The van der Waals surface area contributed by atoms with Crippen LogP contribution < -0.4 is 0 Å². The maximum absolute atomic E-state index is 12.0. The van der Waals surface area contributed by atoms with Gasteiger partial charge in [-0.05, 0) is 55.9 Å². The van der Waals surface area contributed by atoms with Gasteiger partial charge in [0.1, 0.15) is 0 Å². The highest BCUT2D eigenvalue weighted by Crippen LogP contribution is 2.24. The summed E-state index contributed by atoms with van der Waals surface area (Å²) in [6, 6.07) is 2.89. The third-order valence-electron chi connectivity index (χ3n) is 3.28. The van der Waals surface area contributed by atoms with Crippen LogP contribution in [0.1, 0.15) is 48.2 Å². The fourth-order valence-electron chi connectivity index (χ4n) is 1.94. The van der Waals surface area contributed by atoms with E-state index in [-0.39, 0.29) is 10.5 Å². The molecule has 0 spiro atoms. The highest BCUT2D eigenvalue weighted by Gasteiger charge is 2.19. The largest absolute Gasteiger partial charge is 0.462 e. The Morgan fingerprint density at radius 2 is 1.90 bits per heavy atom. The average Bonchev–Trinajstić information content (AvgIpc) is 2.35. The van der Waals surface area contributed by atoms with Crippen molar-refractivity contribution in [3.05, 3.63) is 28.8 Å².